The summed E-state index contributed by atoms with van der Waals surface area (Å²) in [7, 11) is 2.01. The first-order valence-corrected chi connectivity index (χ1v) is 5.97. The molecule has 0 aliphatic heterocycles. The van der Waals surface area contributed by atoms with Crippen molar-refractivity contribution in [3.05, 3.63) is 41.6 Å². The summed E-state index contributed by atoms with van der Waals surface area (Å²) in [4.78, 5) is 10.7. The molecule has 0 aliphatic carbocycles. The molecular weight excluding hydrogens is 226 g/mol. The number of fused-ring (bicyclic) bond motifs is 1. The number of benzene rings is 1. The van der Waals surface area contributed by atoms with Crippen LogP contribution >= 0.6 is 0 Å². The van der Waals surface area contributed by atoms with Crippen molar-refractivity contribution in [2.24, 2.45) is 7.05 Å². The standard InChI is InChI=1S/C15H17NO2/c1-4-11-6-5-7-13-12(8-9-14(17)18)10(2)16(3)15(11)13/h4-7H,1,8-9H2,2-3H3,(H,17,18). The van der Waals surface area contributed by atoms with Crippen LogP contribution in [0.5, 0.6) is 0 Å². The van der Waals surface area contributed by atoms with Gasteiger partial charge in [0.05, 0.1) is 5.52 Å². The summed E-state index contributed by atoms with van der Waals surface area (Å²) in [6.07, 6.45) is 2.57. The number of hydrogen-bond donors (Lipinski definition) is 1. The van der Waals surface area contributed by atoms with Crippen molar-refractivity contribution in [1.29, 1.82) is 0 Å². The number of hydrogen-bond acceptors (Lipinski definition) is 1. The zero-order chi connectivity index (χ0) is 13.3. The van der Waals surface area contributed by atoms with Crippen LogP contribution in [0.3, 0.4) is 0 Å². The molecule has 0 radical (unpaired) electrons. The third-order valence-corrected chi connectivity index (χ3v) is 3.48. The molecular formula is C15H17NO2. The van der Waals surface area contributed by atoms with Crippen molar-refractivity contribution in [2.75, 3.05) is 0 Å². The quantitative estimate of drug-likeness (QED) is 0.896. The first-order chi connectivity index (χ1) is 8.56. The Hall–Kier alpha value is -2.03. The molecule has 3 nitrogen and oxygen atoms in total. The Labute approximate surface area is 106 Å². The summed E-state index contributed by atoms with van der Waals surface area (Å²) in [5.41, 5.74) is 4.46. The Morgan fingerprint density at radius 2 is 2.22 bits per heavy atom. The molecule has 0 saturated carbocycles. The van der Waals surface area contributed by atoms with E-state index in [-0.39, 0.29) is 6.42 Å². The number of rotatable bonds is 4. The van der Waals surface area contributed by atoms with Crippen molar-refractivity contribution in [2.45, 2.75) is 19.8 Å². The van der Waals surface area contributed by atoms with Gasteiger partial charge < -0.3 is 9.67 Å². The lowest BCUT2D eigenvalue weighted by Crippen LogP contribution is -1.99. The van der Waals surface area contributed by atoms with Gasteiger partial charge in [-0.1, -0.05) is 30.9 Å². The maximum atomic E-state index is 10.7. The minimum absolute atomic E-state index is 0.165. The highest BCUT2D eigenvalue weighted by Gasteiger charge is 2.14. The Balaban J connectivity index is 2.63. The molecule has 18 heavy (non-hydrogen) atoms. The predicted molar refractivity (Wildman–Crippen MR) is 73.7 cm³/mol. The molecule has 0 amide bonds. The zero-order valence-corrected chi connectivity index (χ0v) is 10.7. The molecule has 0 aliphatic rings. The van der Waals surface area contributed by atoms with Crippen molar-refractivity contribution in [1.82, 2.24) is 4.57 Å². The van der Waals surface area contributed by atoms with Crippen LogP contribution in [0.2, 0.25) is 0 Å². The Morgan fingerprint density at radius 1 is 1.50 bits per heavy atom. The van der Waals surface area contributed by atoms with Crippen LogP contribution in [0.1, 0.15) is 23.2 Å². The Bertz CT molecular complexity index is 623. The van der Waals surface area contributed by atoms with E-state index < -0.39 is 5.97 Å². The second kappa shape index (κ2) is 4.69. The summed E-state index contributed by atoms with van der Waals surface area (Å²) < 4.78 is 2.11. The highest BCUT2D eigenvalue weighted by Crippen LogP contribution is 2.29. The molecule has 0 fully saturated rings. The molecule has 1 aromatic heterocycles. The smallest absolute Gasteiger partial charge is 0.303 e. The number of carbonyl (C=O) groups is 1. The lowest BCUT2D eigenvalue weighted by molar-refractivity contribution is -0.136. The van der Waals surface area contributed by atoms with Crippen LogP contribution in [-0.2, 0) is 18.3 Å². The lowest BCUT2D eigenvalue weighted by atomic mass is 10.0. The predicted octanol–water partition coefficient (Wildman–Crippen LogP) is 3.15. The van der Waals surface area contributed by atoms with Gasteiger partial charge in [-0.05, 0) is 24.5 Å². The highest BCUT2D eigenvalue weighted by molar-refractivity contribution is 5.92. The number of aryl methyl sites for hydroxylation is 2. The van der Waals surface area contributed by atoms with E-state index in [1.54, 1.807) is 0 Å². The molecule has 1 heterocycles. The molecule has 3 heteroatoms. The summed E-state index contributed by atoms with van der Waals surface area (Å²) in [6.45, 7) is 5.86. The van der Waals surface area contributed by atoms with E-state index in [0.717, 1.165) is 27.7 Å². The van der Waals surface area contributed by atoms with E-state index in [2.05, 4.69) is 11.1 Å². The highest BCUT2D eigenvalue weighted by atomic mass is 16.4. The van der Waals surface area contributed by atoms with Crippen molar-refractivity contribution < 1.29 is 9.90 Å². The van der Waals surface area contributed by atoms with E-state index >= 15 is 0 Å². The largest absolute Gasteiger partial charge is 0.481 e. The fourth-order valence-electron chi connectivity index (χ4n) is 2.46. The number of carboxylic acid groups (broad SMARTS) is 1. The fourth-order valence-corrected chi connectivity index (χ4v) is 2.46. The van der Waals surface area contributed by atoms with Crippen LogP contribution in [-0.4, -0.2) is 15.6 Å². The number of carboxylic acids is 1. The third kappa shape index (κ3) is 1.92. The molecule has 0 unspecified atom stereocenters. The van der Waals surface area contributed by atoms with Crippen LogP contribution < -0.4 is 0 Å². The molecule has 2 aromatic rings. The summed E-state index contributed by atoms with van der Waals surface area (Å²) in [6, 6.07) is 6.06. The van der Waals surface area contributed by atoms with Crippen LogP contribution in [0.25, 0.3) is 17.0 Å². The third-order valence-electron chi connectivity index (χ3n) is 3.48. The van der Waals surface area contributed by atoms with E-state index in [9.17, 15) is 4.79 Å². The average molecular weight is 243 g/mol. The van der Waals surface area contributed by atoms with Crippen molar-refractivity contribution >= 4 is 22.9 Å². The average Bonchev–Trinajstić information content (AvgIpc) is 2.60. The molecule has 0 spiro atoms. The Morgan fingerprint density at radius 3 is 2.83 bits per heavy atom. The molecule has 0 bridgehead atoms. The van der Waals surface area contributed by atoms with Gasteiger partial charge in [0.25, 0.3) is 0 Å². The molecule has 0 atom stereocenters. The maximum absolute atomic E-state index is 10.7. The first kappa shape index (κ1) is 12.4. The monoisotopic (exact) mass is 243 g/mol. The minimum atomic E-state index is -0.758. The van der Waals surface area contributed by atoms with Gasteiger partial charge in [0.1, 0.15) is 0 Å². The van der Waals surface area contributed by atoms with Crippen molar-refractivity contribution in [3.8, 4) is 0 Å². The second-order valence-electron chi connectivity index (χ2n) is 4.46. The van der Waals surface area contributed by atoms with Gasteiger partial charge in [-0.15, -0.1) is 0 Å². The summed E-state index contributed by atoms with van der Waals surface area (Å²) in [5, 5.41) is 9.96. The molecule has 0 saturated heterocycles. The van der Waals surface area contributed by atoms with E-state index in [1.165, 1.54) is 0 Å². The minimum Gasteiger partial charge on any atom is -0.481 e. The van der Waals surface area contributed by atoms with Gasteiger partial charge in [0.15, 0.2) is 0 Å². The fraction of sp³-hybridized carbons (Fsp3) is 0.267. The molecule has 1 N–H and O–H groups in total. The van der Waals surface area contributed by atoms with Crippen molar-refractivity contribution in [3.63, 3.8) is 0 Å². The van der Waals surface area contributed by atoms with Crippen LogP contribution in [0, 0.1) is 6.92 Å². The lowest BCUT2D eigenvalue weighted by Gasteiger charge is -2.02. The summed E-state index contributed by atoms with van der Waals surface area (Å²) in [5.74, 6) is -0.758. The van der Waals surface area contributed by atoms with Gasteiger partial charge >= 0.3 is 5.97 Å². The van der Waals surface area contributed by atoms with Gasteiger partial charge in [0, 0.05) is 24.5 Å². The van der Waals surface area contributed by atoms with Crippen LogP contribution in [0.15, 0.2) is 24.8 Å². The SMILES string of the molecule is C=Cc1cccc2c(CCC(=O)O)c(C)n(C)c12. The topological polar surface area (TPSA) is 42.2 Å². The molecule has 1 aromatic carbocycles. The van der Waals surface area contributed by atoms with Gasteiger partial charge in [0.2, 0.25) is 0 Å². The van der Waals surface area contributed by atoms with Crippen LogP contribution in [0.4, 0.5) is 0 Å². The van der Waals surface area contributed by atoms with E-state index in [1.807, 2.05) is 38.2 Å². The zero-order valence-electron chi connectivity index (χ0n) is 10.7. The van der Waals surface area contributed by atoms with Gasteiger partial charge in [-0.3, -0.25) is 4.79 Å². The second-order valence-corrected chi connectivity index (χ2v) is 4.46. The molecule has 2 rings (SSSR count). The first-order valence-electron chi connectivity index (χ1n) is 5.97. The maximum Gasteiger partial charge on any atom is 0.303 e. The van der Waals surface area contributed by atoms with Gasteiger partial charge in [-0.25, -0.2) is 0 Å². The Kier molecular flexibility index (Phi) is 3.24. The number of para-hydroxylation sites is 1. The summed E-state index contributed by atoms with van der Waals surface area (Å²) >= 11 is 0. The molecule has 94 valence electrons. The number of aromatic nitrogens is 1. The van der Waals surface area contributed by atoms with E-state index in [4.69, 9.17) is 5.11 Å². The van der Waals surface area contributed by atoms with E-state index in [0.29, 0.717) is 6.42 Å². The normalized spacial score (nSPS) is 10.8. The number of nitrogens with zero attached hydrogens (tertiary/aromatic N) is 1. The number of aliphatic carboxylic acids is 1. The van der Waals surface area contributed by atoms with Gasteiger partial charge in [-0.2, -0.15) is 0 Å².